The van der Waals surface area contributed by atoms with Crippen LogP contribution in [0.4, 0.5) is 10.1 Å². The zero-order chi connectivity index (χ0) is 19.4. The van der Waals surface area contributed by atoms with E-state index in [0.29, 0.717) is 29.4 Å². The molecule has 1 unspecified atom stereocenters. The van der Waals surface area contributed by atoms with E-state index < -0.39 is 21.8 Å². The summed E-state index contributed by atoms with van der Waals surface area (Å²) in [5.74, 6) is -1.51. The Morgan fingerprint density at radius 2 is 1.96 bits per heavy atom. The first-order chi connectivity index (χ1) is 12.8. The number of benzene rings is 2. The Labute approximate surface area is 166 Å². The summed E-state index contributed by atoms with van der Waals surface area (Å²) in [5.41, 5.74) is 0.800. The third kappa shape index (κ3) is 5.15. The Morgan fingerprint density at radius 3 is 2.67 bits per heavy atom. The van der Waals surface area contributed by atoms with Crippen LogP contribution in [0.5, 0.6) is 0 Å². The highest BCUT2D eigenvalue weighted by Gasteiger charge is 2.32. The maximum atomic E-state index is 13.9. The van der Waals surface area contributed by atoms with Gasteiger partial charge in [0.2, 0.25) is 15.9 Å². The molecule has 144 valence electrons. The fourth-order valence-electron chi connectivity index (χ4n) is 3.11. The molecule has 1 aliphatic rings. The molecule has 0 radical (unpaired) electrons. The van der Waals surface area contributed by atoms with Gasteiger partial charge in [0.15, 0.2) is 0 Å². The molecule has 1 fully saturated rings. The van der Waals surface area contributed by atoms with Crippen molar-refractivity contribution in [2.75, 3.05) is 18.4 Å². The van der Waals surface area contributed by atoms with Crippen molar-refractivity contribution in [3.63, 3.8) is 0 Å². The lowest BCUT2D eigenvalue weighted by atomic mass is 9.98. The molecular weight excluding hydrogens is 435 g/mol. The summed E-state index contributed by atoms with van der Waals surface area (Å²) < 4.78 is 41.3. The molecule has 2 aromatic carbocycles. The number of sulfonamides is 1. The minimum atomic E-state index is -3.52. The van der Waals surface area contributed by atoms with Crippen molar-refractivity contribution in [3.8, 4) is 0 Å². The van der Waals surface area contributed by atoms with Gasteiger partial charge in [0.1, 0.15) is 5.82 Å². The Morgan fingerprint density at radius 1 is 1.22 bits per heavy atom. The maximum Gasteiger partial charge on any atom is 0.228 e. The minimum absolute atomic E-state index is 0.0902. The topological polar surface area (TPSA) is 66.5 Å². The minimum Gasteiger partial charge on any atom is -0.323 e. The number of nitrogens with zero attached hydrogens (tertiary/aromatic N) is 1. The quantitative estimate of drug-likeness (QED) is 0.747. The molecule has 1 amide bonds. The van der Waals surface area contributed by atoms with Crippen molar-refractivity contribution in [2.24, 2.45) is 5.92 Å². The molecule has 0 bridgehead atoms. The second-order valence-corrected chi connectivity index (χ2v) is 9.44. The summed E-state index contributed by atoms with van der Waals surface area (Å²) in [4.78, 5) is 12.5. The van der Waals surface area contributed by atoms with Crippen molar-refractivity contribution in [1.29, 1.82) is 0 Å². The number of carbonyl (C=O) groups is 1. The van der Waals surface area contributed by atoms with Gasteiger partial charge in [-0.15, -0.1) is 0 Å². The molecular formula is C19H20BrFN2O3S. The Hall–Kier alpha value is -1.77. The summed E-state index contributed by atoms with van der Waals surface area (Å²) in [7, 11) is -3.52. The van der Waals surface area contributed by atoms with Gasteiger partial charge in [0, 0.05) is 17.6 Å². The number of halogens is 2. The first-order valence-electron chi connectivity index (χ1n) is 8.63. The van der Waals surface area contributed by atoms with E-state index in [1.54, 1.807) is 30.3 Å². The number of hydrogen-bond donors (Lipinski definition) is 1. The van der Waals surface area contributed by atoms with Gasteiger partial charge >= 0.3 is 0 Å². The van der Waals surface area contributed by atoms with Crippen LogP contribution in [0.1, 0.15) is 18.4 Å². The lowest BCUT2D eigenvalue weighted by Crippen LogP contribution is -2.44. The van der Waals surface area contributed by atoms with Gasteiger partial charge in [0.05, 0.1) is 17.4 Å². The zero-order valence-corrected chi connectivity index (χ0v) is 17.0. The van der Waals surface area contributed by atoms with E-state index in [1.165, 1.54) is 16.4 Å². The van der Waals surface area contributed by atoms with Crippen molar-refractivity contribution < 1.29 is 17.6 Å². The molecule has 3 rings (SSSR count). The fraction of sp³-hybridized carbons (Fsp3) is 0.316. The molecule has 5 nitrogen and oxygen atoms in total. The molecule has 0 spiro atoms. The molecule has 0 aromatic heterocycles. The molecule has 1 saturated heterocycles. The van der Waals surface area contributed by atoms with Gasteiger partial charge in [-0.25, -0.2) is 17.1 Å². The van der Waals surface area contributed by atoms with Crippen LogP contribution >= 0.6 is 15.9 Å². The number of amides is 1. The predicted octanol–water partition coefficient (Wildman–Crippen LogP) is 3.77. The number of anilines is 1. The highest BCUT2D eigenvalue weighted by Crippen LogP contribution is 2.24. The smallest absolute Gasteiger partial charge is 0.228 e. The summed E-state index contributed by atoms with van der Waals surface area (Å²) in [5, 5.41) is 2.57. The van der Waals surface area contributed by atoms with Crippen molar-refractivity contribution in [1.82, 2.24) is 4.31 Å². The van der Waals surface area contributed by atoms with Crippen LogP contribution in [0.15, 0.2) is 53.0 Å². The Bertz CT molecular complexity index is 922. The van der Waals surface area contributed by atoms with Crippen LogP contribution in [0.3, 0.4) is 0 Å². The maximum absolute atomic E-state index is 13.9. The second-order valence-electron chi connectivity index (χ2n) is 6.55. The van der Waals surface area contributed by atoms with E-state index >= 15 is 0 Å². The predicted molar refractivity (Wildman–Crippen MR) is 106 cm³/mol. The molecule has 8 heteroatoms. The largest absolute Gasteiger partial charge is 0.323 e. The second kappa shape index (κ2) is 8.50. The molecule has 1 N–H and O–H groups in total. The Kier molecular flexibility index (Phi) is 6.29. The van der Waals surface area contributed by atoms with Gasteiger partial charge < -0.3 is 5.32 Å². The molecule has 0 saturated carbocycles. The van der Waals surface area contributed by atoms with Crippen LogP contribution in [-0.4, -0.2) is 31.7 Å². The standard InChI is InChI=1S/C19H20BrFN2O3S/c20-16-8-9-18(17(21)11-16)22-19(24)15-7-4-10-23(12-15)27(25,26)13-14-5-2-1-3-6-14/h1-3,5-6,8-9,11,15H,4,7,10,12-13H2,(H,22,24). The zero-order valence-electron chi connectivity index (χ0n) is 14.6. The van der Waals surface area contributed by atoms with Gasteiger partial charge in [0.25, 0.3) is 0 Å². The monoisotopic (exact) mass is 454 g/mol. The van der Waals surface area contributed by atoms with E-state index in [-0.39, 0.29) is 23.9 Å². The normalized spacial score (nSPS) is 18.2. The van der Waals surface area contributed by atoms with Crippen LogP contribution in [-0.2, 0) is 20.6 Å². The Balaban J connectivity index is 1.67. The SMILES string of the molecule is O=C(Nc1ccc(Br)cc1F)C1CCCN(S(=O)(=O)Cc2ccccc2)C1. The summed E-state index contributed by atoms with van der Waals surface area (Å²) >= 11 is 3.17. The van der Waals surface area contributed by atoms with Gasteiger partial charge in [-0.2, -0.15) is 0 Å². The van der Waals surface area contributed by atoms with E-state index in [9.17, 15) is 17.6 Å². The van der Waals surface area contributed by atoms with E-state index in [4.69, 9.17) is 0 Å². The van der Waals surface area contributed by atoms with Gasteiger partial charge in [-0.05, 0) is 36.6 Å². The molecule has 1 heterocycles. The van der Waals surface area contributed by atoms with Gasteiger partial charge in [-0.1, -0.05) is 46.3 Å². The molecule has 2 aromatic rings. The third-order valence-corrected chi connectivity index (χ3v) is 6.84. The van der Waals surface area contributed by atoms with Crippen LogP contribution < -0.4 is 5.32 Å². The van der Waals surface area contributed by atoms with Gasteiger partial charge in [-0.3, -0.25) is 4.79 Å². The van der Waals surface area contributed by atoms with E-state index in [2.05, 4.69) is 21.2 Å². The lowest BCUT2D eigenvalue weighted by Gasteiger charge is -2.31. The van der Waals surface area contributed by atoms with Crippen LogP contribution in [0.25, 0.3) is 0 Å². The summed E-state index contributed by atoms with van der Waals surface area (Å²) in [6.45, 7) is 0.505. The summed E-state index contributed by atoms with van der Waals surface area (Å²) in [6.07, 6.45) is 1.16. The fourth-order valence-corrected chi connectivity index (χ4v) is 5.05. The number of hydrogen-bond acceptors (Lipinski definition) is 3. The van der Waals surface area contributed by atoms with Crippen LogP contribution in [0.2, 0.25) is 0 Å². The molecule has 1 aliphatic heterocycles. The summed E-state index contributed by atoms with van der Waals surface area (Å²) in [6, 6.07) is 13.3. The average molecular weight is 455 g/mol. The number of carbonyl (C=O) groups excluding carboxylic acids is 1. The number of rotatable bonds is 5. The number of nitrogens with one attached hydrogen (secondary N) is 1. The van der Waals surface area contributed by atoms with Crippen molar-refractivity contribution >= 4 is 37.5 Å². The van der Waals surface area contributed by atoms with E-state index in [1.807, 2.05) is 6.07 Å². The van der Waals surface area contributed by atoms with Crippen molar-refractivity contribution in [2.45, 2.75) is 18.6 Å². The molecule has 27 heavy (non-hydrogen) atoms. The van der Waals surface area contributed by atoms with Crippen molar-refractivity contribution in [3.05, 3.63) is 64.4 Å². The average Bonchev–Trinajstić information content (AvgIpc) is 2.64. The van der Waals surface area contributed by atoms with E-state index in [0.717, 1.165) is 0 Å². The lowest BCUT2D eigenvalue weighted by molar-refractivity contribution is -0.120. The molecule has 1 atom stereocenters. The first-order valence-corrected chi connectivity index (χ1v) is 11.0. The highest BCUT2D eigenvalue weighted by molar-refractivity contribution is 9.10. The van der Waals surface area contributed by atoms with Crippen LogP contribution in [0, 0.1) is 11.7 Å². The first kappa shape index (κ1) is 20.0. The number of piperidine rings is 1. The third-order valence-electron chi connectivity index (χ3n) is 4.53. The molecule has 0 aliphatic carbocycles. The highest BCUT2D eigenvalue weighted by atomic mass is 79.9.